The van der Waals surface area contributed by atoms with E-state index >= 15 is 0 Å². The van der Waals surface area contributed by atoms with Crippen molar-refractivity contribution in [3.05, 3.63) is 23.8 Å². The summed E-state index contributed by atoms with van der Waals surface area (Å²) in [4.78, 5) is 2.38. The minimum absolute atomic E-state index is 0.219. The molecule has 2 N–H and O–H groups in total. The van der Waals surface area contributed by atoms with E-state index < -0.39 is 0 Å². The van der Waals surface area contributed by atoms with Crippen LogP contribution >= 0.6 is 0 Å². The van der Waals surface area contributed by atoms with E-state index in [0.717, 1.165) is 50.8 Å². The van der Waals surface area contributed by atoms with Gasteiger partial charge >= 0.3 is 0 Å². The third-order valence-corrected chi connectivity index (χ3v) is 3.87. The van der Waals surface area contributed by atoms with E-state index in [1.165, 1.54) is 5.56 Å². The number of nitrogens with two attached hydrogens (primary N) is 1. The zero-order valence-electron chi connectivity index (χ0n) is 11.7. The molecule has 2 aliphatic heterocycles. The lowest BCUT2D eigenvalue weighted by Gasteiger charge is -2.34. The normalized spacial score (nSPS) is 21.2. The van der Waals surface area contributed by atoms with Gasteiger partial charge in [0.05, 0.1) is 26.4 Å². The van der Waals surface area contributed by atoms with E-state index in [9.17, 15) is 0 Å². The first kappa shape index (κ1) is 13.7. The molecule has 1 saturated heterocycles. The van der Waals surface area contributed by atoms with Crippen LogP contribution in [0.15, 0.2) is 18.2 Å². The van der Waals surface area contributed by atoms with E-state index in [-0.39, 0.29) is 6.04 Å². The smallest absolute Gasteiger partial charge is 0.161 e. The number of morpholine rings is 1. The highest BCUT2D eigenvalue weighted by atomic mass is 16.5. The number of ether oxygens (including phenoxy) is 3. The molecule has 1 aromatic rings. The molecule has 0 radical (unpaired) electrons. The predicted molar refractivity (Wildman–Crippen MR) is 76.2 cm³/mol. The van der Waals surface area contributed by atoms with Gasteiger partial charge in [-0.25, -0.2) is 0 Å². The molecule has 0 spiro atoms. The van der Waals surface area contributed by atoms with Gasteiger partial charge in [0.1, 0.15) is 0 Å². The summed E-state index contributed by atoms with van der Waals surface area (Å²) in [5.74, 6) is 1.68. The summed E-state index contributed by atoms with van der Waals surface area (Å²) < 4.78 is 16.8. The Balaban J connectivity index is 1.82. The lowest BCUT2D eigenvalue weighted by atomic mass is 10.0. The Hall–Kier alpha value is -1.30. The fraction of sp³-hybridized carbons (Fsp3) is 0.600. The van der Waals surface area contributed by atoms with Crippen LogP contribution in [0.4, 0.5) is 0 Å². The monoisotopic (exact) mass is 278 g/mol. The maximum absolute atomic E-state index is 5.99. The zero-order chi connectivity index (χ0) is 13.8. The SMILES string of the molecule is NCC(c1ccc2c(c1)OCCCO2)N1CCOCC1. The van der Waals surface area contributed by atoms with Crippen LogP contribution in [0.3, 0.4) is 0 Å². The predicted octanol–water partition coefficient (Wildman–Crippen LogP) is 1.18. The molecule has 3 rings (SSSR count). The maximum atomic E-state index is 5.99. The lowest BCUT2D eigenvalue weighted by molar-refractivity contribution is 0.0178. The number of hydrogen-bond acceptors (Lipinski definition) is 5. The van der Waals surface area contributed by atoms with Crippen LogP contribution in [0, 0.1) is 0 Å². The molecule has 5 nitrogen and oxygen atoms in total. The van der Waals surface area contributed by atoms with Gasteiger partial charge in [-0.3, -0.25) is 4.90 Å². The topological polar surface area (TPSA) is 57.0 Å². The summed E-state index contributed by atoms with van der Waals surface area (Å²) in [5.41, 5.74) is 7.18. The third kappa shape index (κ3) is 2.90. The summed E-state index contributed by atoms with van der Waals surface area (Å²) >= 11 is 0. The molecule has 1 aromatic carbocycles. The van der Waals surface area contributed by atoms with E-state index in [1.807, 2.05) is 6.07 Å². The second-order valence-electron chi connectivity index (χ2n) is 5.16. The summed E-state index contributed by atoms with van der Waals surface area (Å²) in [5, 5.41) is 0. The standard InChI is InChI=1S/C15H22N2O3/c16-11-13(17-4-8-18-9-5-17)12-2-3-14-15(10-12)20-7-1-6-19-14/h2-3,10,13H,1,4-9,11,16H2. The Morgan fingerprint density at radius 2 is 1.80 bits per heavy atom. The van der Waals surface area contributed by atoms with Gasteiger partial charge < -0.3 is 19.9 Å². The van der Waals surface area contributed by atoms with Gasteiger partial charge in [-0.1, -0.05) is 6.07 Å². The molecular formula is C15H22N2O3. The highest BCUT2D eigenvalue weighted by Crippen LogP contribution is 2.33. The van der Waals surface area contributed by atoms with E-state index in [0.29, 0.717) is 13.2 Å². The van der Waals surface area contributed by atoms with Crippen LogP contribution in [-0.2, 0) is 4.74 Å². The second kappa shape index (κ2) is 6.43. The minimum atomic E-state index is 0.219. The molecular weight excluding hydrogens is 256 g/mol. The van der Waals surface area contributed by atoms with Gasteiger partial charge in [-0.05, 0) is 17.7 Å². The molecule has 0 aliphatic carbocycles. The molecule has 2 heterocycles. The van der Waals surface area contributed by atoms with Crippen molar-refractivity contribution < 1.29 is 14.2 Å². The number of fused-ring (bicyclic) bond motifs is 1. The van der Waals surface area contributed by atoms with Crippen molar-refractivity contribution in [2.45, 2.75) is 12.5 Å². The van der Waals surface area contributed by atoms with E-state index in [2.05, 4.69) is 17.0 Å². The van der Waals surface area contributed by atoms with Gasteiger partial charge in [0.15, 0.2) is 11.5 Å². The Bertz CT molecular complexity index is 447. The number of rotatable bonds is 3. The fourth-order valence-corrected chi connectivity index (χ4v) is 2.77. The summed E-state index contributed by atoms with van der Waals surface area (Å²) in [6.07, 6.45) is 0.924. The number of benzene rings is 1. The molecule has 0 saturated carbocycles. The van der Waals surface area contributed by atoms with Crippen molar-refractivity contribution in [1.82, 2.24) is 4.90 Å². The van der Waals surface area contributed by atoms with Crippen LogP contribution in [0.2, 0.25) is 0 Å². The van der Waals surface area contributed by atoms with E-state index in [1.54, 1.807) is 0 Å². The molecule has 110 valence electrons. The van der Waals surface area contributed by atoms with Crippen molar-refractivity contribution in [2.75, 3.05) is 46.1 Å². The van der Waals surface area contributed by atoms with Crippen molar-refractivity contribution in [2.24, 2.45) is 5.73 Å². The largest absolute Gasteiger partial charge is 0.490 e. The first-order valence-electron chi connectivity index (χ1n) is 7.30. The summed E-state index contributed by atoms with van der Waals surface area (Å²) in [6, 6.07) is 6.39. The van der Waals surface area contributed by atoms with Crippen LogP contribution in [0.5, 0.6) is 11.5 Å². The highest BCUT2D eigenvalue weighted by molar-refractivity contribution is 5.44. The van der Waals surface area contributed by atoms with Crippen molar-refractivity contribution in [1.29, 1.82) is 0 Å². The van der Waals surface area contributed by atoms with Gasteiger partial charge in [0, 0.05) is 32.1 Å². The molecule has 0 amide bonds. The van der Waals surface area contributed by atoms with Crippen LogP contribution in [0.1, 0.15) is 18.0 Å². The van der Waals surface area contributed by atoms with E-state index in [4.69, 9.17) is 19.9 Å². The Morgan fingerprint density at radius 1 is 1.05 bits per heavy atom. The summed E-state index contributed by atoms with van der Waals surface area (Å²) in [6.45, 7) is 5.44. The van der Waals surface area contributed by atoms with Crippen molar-refractivity contribution >= 4 is 0 Å². The zero-order valence-corrected chi connectivity index (χ0v) is 11.7. The minimum Gasteiger partial charge on any atom is -0.490 e. The quantitative estimate of drug-likeness (QED) is 0.900. The Labute approximate surface area is 119 Å². The first-order chi connectivity index (χ1) is 9.88. The van der Waals surface area contributed by atoms with Crippen LogP contribution in [-0.4, -0.2) is 51.0 Å². The molecule has 1 unspecified atom stereocenters. The van der Waals surface area contributed by atoms with Crippen molar-refractivity contribution in [3.63, 3.8) is 0 Å². The molecule has 2 aliphatic rings. The van der Waals surface area contributed by atoms with Crippen molar-refractivity contribution in [3.8, 4) is 11.5 Å². The maximum Gasteiger partial charge on any atom is 0.161 e. The van der Waals surface area contributed by atoms with Crippen LogP contribution in [0.25, 0.3) is 0 Å². The molecule has 20 heavy (non-hydrogen) atoms. The Kier molecular flexibility index (Phi) is 4.40. The second-order valence-corrected chi connectivity index (χ2v) is 5.16. The molecule has 5 heteroatoms. The van der Waals surface area contributed by atoms with Crippen LogP contribution < -0.4 is 15.2 Å². The fourth-order valence-electron chi connectivity index (χ4n) is 2.77. The molecule has 1 fully saturated rings. The van der Waals surface area contributed by atoms with Gasteiger partial charge in [0.25, 0.3) is 0 Å². The lowest BCUT2D eigenvalue weighted by Crippen LogP contribution is -2.41. The Morgan fingerprint density at radius 3 is 2.55 bits per heavy atom. The summed E-state index contributed by atoms with van der Waals surface area (Å²) in [7, 11) is 0. The first-order valence-corrected chi connectivity index (χ1v) is 7.30. The molecule has 1 atom stereocenters. The molecule has 0 bridgehead atoms. The highest BCUT2D eigenvalue weighted by Gasteiger charge is 2.23. The number of nitrogens with zero attached hydrogens (tertiary/aromatic N) is 1. The third-order valence-electron chi connectivity index (χ3n) is 3.87. The van der Waals surface area contributed by atoms with Gasteiger partial charge in [-0.15, -0.1) is 0 Å². The number of hydrogen-bond donors (Lipinski definition) is 1. The average Bonchev–Trinajstić information content (AvgIpc) is 2.74. The molecule has 0 aromatic heterocycles. The van der Waals surface area contributed by atoms with Gasteiger partial charge in [-0.2, -0.15) is 0 Å². The average molecular weight is 278 g/mol. The van der Waals surface area contributed by atoms with Gasteiger partial charge in [0.2, 0.25) is 0 Å².